The summed E-state index contributed by atoms with van der Waals surface area (Å²) in [5.74, 6) is 1.60. The number of nitrogens with zero attached hydrogens (tertiary/aromatic N) is 1. The maximum Gasteiger partial charge on any atom is 0.133 e. The van der Waals surface area contributed by atoms with E-state index in [1.54, 1.807) is 19.6 Å². The molecule has 0 aliphatic rings. The smallest absolute Gasteiger partial charge is 0.133 e. The highest BCUT2D eigenvalue weighted by Gasteiger charge is 2.08. The van der Waals surface area contributed by atoms with Crippen molar-refractivity contribution in [3.8, 4) is 5.75 Å². The third-order valence-corrected chi connectivity index (χ3v) is 4.40. The maximum absolute atomic E-state index is 11.4. The minimum Gasteiger partial charge on any atom is -0.497 e. The first-order valence-corrected chi connectivity index (χ1v) is 7.73. The van der Waals surface area contributed by atoms with Crippen molar-refractivity contribution in [2.75, 3.05) is 25.2 Å². The van der Waals surface area contributed by atoms with Gasteiger partial charge in [0.25, 0.3) is 0 Å². The highest BCUT2D eigenvalue weighted by atomic mass is 32.2. The zero-order valence-electron chi connectivity index (χ0n) is 11.3. The van der Waals surface area contributed by atoms with E-state index >= 15 is 0 Å². The van der Waals surface area contributed by atoms with Crippen molar-refractivity contribution in [3.05, 3.63) is 30.5 Å². The molecule has 0 bridgehead atoms. The molecular weight excluding hydrogens is 260 g/mol. The van der Waals surface area contributed by atoms with Crippen molar-refractivity contribution in [1.82, 2.24) is 4.98 Å². The second-order valence-electron chi connectivity index (χ2n) is 4.44. The molecule has 0 spiro atoms. The van der Waals surface area contributed by atoms with Crippen molar-refractivity contribution in [1.29, 1.82) is 0 Å². The molecule has 0 fully saturated rings. The van der Waals surface area contributed by atoms with E-state index in [0.29, 0.717) is 6.54 Å². The van der Waals surface area contributed by atoms with E-state index in [2.05, 4.69) is 10.3 Å². The fraction of sp³-hybridized carbons (Fsp3) is 0.357. The Labute approximate surface area is 115 Å². The molecule has 1 aromatic carbocycles. The lowest BCUT2D eigenvalue weighted by Crippen LogP contribution is -2.21. The summed E-state index contributed by atoms with van der Waals surface area (Å²) in [4.78, 5) is 4.35. The van der Waals surface area contributed by atoms with Crippen LogP contribution in [0.3, 0.4) is 0 Å². The molecule has 2 aromatic rings. The Hall–Kier alpha value is -1.62. The number of anilines is 1. The van der Waals surface area contributed by atoms with Crippen molar-refractivity contribution in [2.24, 2.45) is 0 Å². The lowest BCUT2D eigenvalue weighted by molar-refractivity contribution is 0.415. The normalized spacial score (nSPS) is 14.1. The highest BCUT2D eigenvalue weighted by Crippen LogP contribution is 2.25. The van der Waals surface area contributed by atoms with Crippen LogP contribution < -0.4 is 10.1 Å². The van der Waals surface area contributed by atoms with Crippen LogP contribution in [0.2, 0.25) is 0 Å². The molecule has 2 unspecified atom stereocenters. The van der Waals surface area contributed by atoms with Gasteiger partial charge in [0.15, 0.2) is 0 Å². The van der Waals surface area contributed by atoms with Gasteiger partial charge in [0.1, 0.15) is 11.6 Å². The summed E-state index contributed by atoms with van der Waals surface area (Å²) in [6.45, 7) is 2.58. The van der Waals surface area contributed by atoms with Gasteiger partial charge in [-0.05, 0) is 30.5 Å². The van der Waals surface area contributed by atoms with Crippen LogP contribution in [0.25, 0.3) is 10.8 Å². The Morgan fingerprint density at radius 1 is 1.42 bits per heavy atom. The first-order chi connectivity index (χ1) is 9.11. The molecule has 0 saturated carbocycles. The van der Waals surface area contributed by atoms with Crippen LogP contribution in [0, 0.1) is 0 Å². The average Bonchev–Trinajstić information content (AvgIpc) is 2.43. The molecule has 1 heterocycles. The number of hydrogen-bond donors (Lipinski definition) is 1. The van der Waals surface area contributed by atoms with Crippen LogP contribution in [0.15, 0.2) is 30.5 Å². The van der Waals surface area contributed by atoms with Crippen molar-refractivity contribution < 1.29 is 8.95 Å². The molecule has 19 heavy (non-hydrogen) atoms. The summed E-state index contributed by atoms with van der Waals surface area (Å²) in [7, 11) is 0.807. The van der Waals surface area contributed by atoms with Gasteiger partial charge >= 0.3 is 0 Å². The van der Waals surface area contributed by atoms with Crippen LogP contribution >= 0.6 is 0 Å². The van der Waals surface area contributed by atoms with E-state index in [4.69, 9.17) is 4.74 Å². The lowest BCUT2D eigenvalue weighted by Gasteiger charge is -2.12. The number of nitrogens with one attached hydrogen (secondary N) is 1. The molecule has 102 valence electrons. The molecule has 0 amide bonds. The molecule has 1 N–H and O–H groups in total. The summed E-state index contributed by atoms with van der Waals surface area (Å²) < 4.78 is 16.6. The van der Waals surface area contributed by atoms with Gasteiger partial charge in [-0.2, -0.15) is 0 Å². The van der Waals surface area contributed by atoms with E-state index in [1.165, 1.54) is 0 Å². The van der Waals surface area contributed by atoms with E-state index < -0.39 is 10.8 Å². The lowest BCUT2D eigenvalue weighted by atomic mass is 10.1. The predicted octanol–water partition coefficient (Wildman–Crippen LogP) is 2.42. The minimum atomic E-state index is -0.839. The van der Waals surface area contributed by atoms with E-state index in [0.717, 1.165) is 22.3 Å². The molecule has 1 aromatic heterocycles. The quantitative estimate of drug-likeness (QED) is 0.912. The Bertz CT molecular complexity index is 601. The van der Waals surface area contributed by atoms with Gasteiger partial charge in [0.05, 0.1) is 7.11 Å². The number of benzene rings is 1. The molecule has 5 heteroatoms. The third kappa shape index (κ3) is 3.23. The molecular formula is C14H18N2O2S. The van der Waals surface area contributed by atoms with Crippen LogP contribution in [0.4, 0.5) is 5.82 Å². The fourth-order valence-corrected chi connectivity index (χ4v) is 2.09. The first-order valence-electron chi connectivity index (χ1n) is 6.10. The van der Waals surface area contributed by atoms with Gasteiger partial charge in [-0.1, -0.05) is 6.07 Å². The van der Waals surface area contributed by atoms with Gasteiger partial charge in [-0.15, -0.1) is 0 Å². The molecule has 0 saturated heterocycles. The predicted molar refractivity (Wildman–Crippen MR) is 80.3 cm³/mol. The molecule has 2 atom stereocenters. The van der Waals surface area contributed by atoms with Gasteiger partial charge < -0.3 is 10.1 Å². The van der Waals surface area contributed by atoms with E-state index in [-0.39, 0.29) is 5.25 Å². The fourth-order valence-electron chi connectivity index (χ4n) is 1.77. The number of ether oxygens (including phenoxy) is 1. The maximum atomic E-state index is 11.4. The number of rotatable bonds is 5. The minimum absolute atomic E-state index is 0.0858. The standard InChI is InChI=1S/C14H18N2O2S/c1-10(19(3)17)9-16-14-13-8-12(18-2)5-4-11(13)6-7-15-14/h4-8,10H,9H2,1-3H3,(H,15,16). The number of hydrogen-bond acceptors (Lipinski definition) is 4. The Morgan fingerprint density at radius 2 is 2.21 bits per heavy atom. The summed E-state index contributed by atoms with van der Waals surface area (Å²) in [5, 5.41) is 5.46. The van der Waals surface area contributed by atoms with E-state index in [9.17, 15) is 4.21 Å². The van der Waals surface area contributed by atoms with E-state index in [1.807, 2.05) is 31.2 Å². The average molecular weight is 278 g/mol. The number of pyridine rings is 1. The van der Waals surface area contributed by atoms with Gasteiger partial charge in [0.2, 0.25) is 0 Å². The SMILES string of the molecule is COc1ccc2ccnc(NCC(C)S(C)=O)c2c1. The van der Waals surface area contributed by atoms with Gasteiger partial charge in [-0.3, -0.25) is 4.21 Å². The Balaban J connectivity index is 2.29. The second kappa shape index (κ2) is 6.02. The summed E-state index contributed by atoms with van der Waals surface area (Å²) in [5.41, 5.74) is 0. The monoisotopic (exact) mass is 278 g/mol. The molecule has 0 aliphatic heterocycles. The zero-order valence-corrected chi connectivity index (χ0v) is 12.2. The molecule has 0 aliphatic carbocycles. The van der Waals surface area contributed by atoms with Crippen molar-refractivity contribution in [2.45, 2.75) is 12.2 Å². The van der Waals surface area contributed by atoms with Gasteiger partial charge in [-0.25, -0.2) is 4.98 Å². The molecule has 2 rings (SSSR count). The second-order valence-corrected chi connectivity index (χ2v) is 6.24. The van der Waals surface area contributed by atoms with Crippen molar-refractivity contribution >= 4 is 27.4 Å². The number of aromatic nitrogens is 1. The Kier molecular flexibility index (Phi) is 4.37. The Morgan fingerprint density at radius 3 is 2.89 bits per heavy atom. The topological polar surface area (TPSA) is 51.2 Å². The van der Waals surface area contributed by atoms with Crippen LogP contribution in [-0.2, 0) is 10.8 Å². The largest absolute Gasteiger partial charge is 0.497 e. The first kappa shape index (κ1) is 13.8. The van der Waals surface area contributed by atoms with Crippen molar-refractivity contribution in [3.63, 3.8) is 0 Å². The summed E-state index contributed by atoms with van der Waals surface area (Å²) >= 11 is 0. The van der Waals surface area contributed by atoms with Gasteiger partial charge in [0, 0.05) is 40.4 Å². The van der Waals surface area contributed by atoms with Crippen LogP contribution in [0.5, 0.6) is 5.75 Å². The zero-order chi connectivity index (χ0) is 13.8. The summed E-state index contributed by atoms with van der Waals surface area (Å²) in [6, 6.07) is 7.85. The number of fused-ring (bicyclic) bond motifs is 1. The summed E-state index contributed by atoms with van der Waals surface area (Å²) in [6.07, 6.45) is 3.48. The molecule has 4 nitrogen and oxygen atoms in total. The number of methoxy groups -OCH3 is 1. The van der Waals surface area contributed by atoms with Crippen LogP contribution in [-0.4, -0.2) is 34.4 Å². The highest BCUT2D eigenvalue weighted by molar-refractivity contribution is 7.84. The van der Waals surface area contributed by atoms with Crippen LogP contribution in [0.1, 0.15) is 6.92 Å². The molecule has 0 radical (unpaired) electrons. The third-order valence-electron chi connectivity index (χ3n) is 3.10.